The first-order chi connectivity index (χ1) is 10.9. The summed E-state index contributed by atoms with van der Waals surface area (Å²) in [6.45, 7) is 3.91. The standard InChI is InChI=1S/C22H25/c1-2-3-4-5-6-7-11-18-13-10-15-22-20-14-9-8-12-19(20)16-17-21(18)22/h8-10,12-17H,1-7,11H2. The summed E-state index contributed by atoms with van der Waals surface area (Å²) in [4.78, 5) is 0. The monoisotopic (exact) mass is 289 g/mol. The lowest BCUT2D eigenvalue weighted by Gasteiger charge is -2.09. The quantitative estimate of drug-likeness (QED) is 0.335. The van der Waals surface area contributed by atoms with Crippen molar-refractivity contribution < 1.29 is 0 Å². The molecule has 0 aliphatic rings. The molecule has 0 atom stereocenters. The summed E-state index contributed by atoms with van der Waals surface area (Å²) in [7, 11) is 0. The van der Waals surface area contributed by atoms with Gasteiger partial charge in [-0.2, -0.15) is 0 Å². The van der Waals surface area contributed by atoms with E-state index < -0.39 is 0 Å². The van der Waals surface area contributed by atoms with E-state index in [1.54, 1.807) is 0 Å². The number of fused-ring (bicyclic) bond motifs is 3. The normalized spacial score (nSPS) is 11.3. The Kier molecular flexibility index (Phi) is 5.11. The van der Waals surface area contributed by atoms with Gasteiger partial charge in [0, 0.05) is 0 Å². The van der Waals surface area contributed by atoms with Crippen LogP contribution < -0.4 is 0 Å². The Morgan fingerprint density at radius 1 is 0.591 bits per heavy atom. The first-order valence-electron chi connectivity index (χ1n) is 8.59. The van der Waals surface area contributed by atoms with E-state index in [1.807, 2.05) is 0 Å². The average Bonchev–Trinajstić information content (AvgIpc) is 2.58. The summed E-state index contributed by atoms with van der Waals surface area (Å²) >= 11 is 0. The molecule has 0 saturated heterocycles. The Bertz CT molecular complexity index is 739. The van der Waals surface area contributed by atoms with E-state index in [0.29, 0.717) is 0 Å². The Balaban J connectivity index is 1.77. The molecule has 1 radical (unpaired) electrons. The molecule has 0 spiro atoms. The van der Waals surface area contributed by atoms with Gasteiger partial charge in [-0.1, -0.05) is 93.6 Å². The number of aryl methyl sites for hydroxylation is 1. The van der Waals surface area contributed by atoms with E-state index in [-0.39, 0.29) is 0 Å². The molecule has 0 heteroatoms. The number of benzene rings is 3. The van der Waals surface area contributed by atoms with Crippen LogP contribution in [0.4, 0.5) is 0 Å². The number of rotatable bonds is 7. The predicted molar refractivity (Wildman–Crippen MR) is 98.2 cm³/mol. The van der Waals surface area contributed by atoms with Gasteiger partial charge < -0.3 is 0 Å². The molecule has 0 N–H and O–H groups in total. The molecular weight excluding hydrogens is 264 g/mol. The van der Waals surface area contributed by atoms with Crippen LogP contribution >= 0.6 is 0 Å². The fourth-order valence-electron chi connectivity index (χ4n) is 3.35. The molecule has 0 nitrogen and oxygen atoms in total. The van der Waals surface area contributed by atoms with E-state index in [0.717, 1.165) is 6.42 Å². The minimum Gasteiger partial charge on any atom is -0.0616 e. The molecule has 22 heavy (non-hydrogen) atoms. The van der Waals surface area contributed by atoms with Crippen LogP contribution in [0.1, 0.15) is 44.1 Å². The Morgan fingerprint density at radius 2 is 1.36 bits per heavy atom. The van der Waals surface area contributed by atoms with Crippen LogP contribution in [-0.2, 0) is 6.42 Å². The van der Waals surface area contributed by atoms with E-state index in [1.165, 1.54) is 65.6 Å². The Labute approximate surface area is 134 Å². The molecule has 0 heterocycles. The van der Waals surface area contributed by atoms with Crippen molar-refractivity contribution >= 4 is 21.5 Å². The minimum absolute atomic E-state index is 1.08. The van der Waals surface area contributed by atoms with Gasteiger partial charge in [-0.3, -0.25) is 0 Å². The molecule has 3 aromatic carbocycles. The third-order valence-electron chi connectivity index (χ3n) is 4.57. The van der Waals surface area contributed by atoms with Crippen LogP contribution in [0.25, 0.3) is 21.5 Å². The van der Waals surface area contributed by atoms with E-state index >= 15 is 0 Å². The van der Waals surface area contributed by atoms with E-state index in [9.17, 15) is 0 Å². The Hall–Kier alpha value is -1.82. The van der Waals surface area contributed by atoms with Gasteiger partial charge in [0.2, 0.25) is 0 Å². The maximum absolute atomic E-state index is 3.91. The zero-order chi connectivity index (χ0) is 15.2. The first-order valence-corrected chi connectivity index (χ1v) is 8.59. The fourth-order valence-corrected chi connectivity index (χ4v) is 3.35. The smallest absolute Gasteiger partial charge is 0.0103 e. The van der Waals surface area contributed by atoms with Gasteiger partial charge in [-0.25, -0.2) is 0 Å². The predicted octanol–water partition coefficient (Wildman–Crippen LogP) is 6.71. The van der Waals surface area contributed by atoms with E-state index in [2.05, 4.69) is 61.5 Å². The lowest BCUT2D eigenvalue weighted by molar-refractivity contribution is 0.618. The molecule has 113 valence electrons. The van der Waals surface area contributed by atoms with Crippen molar-refractivity contribution in [3.05, 3.63) is 67.1 Å². The second-order valence-corrected chi connectivity index (χ2v) is 6.17. The molecule has 0 bridgehead atoms. The van der Waals surface area contributed by atoms with Gasteiger partial charge in [0.25, 0.3) is 0 Å². The van der Waals surface area contributed by atoms with Crippen molar-refractivity contribution in [3.63, 3.8) is 0 Å². The van der Waals surface area contributed by atoms with Gasteiger partial charge in [0.05, 0.1) is 0 Å². The largest absolute Gasteiger partial charge is 0.0616 e. The van der Waals surface area contributed by atoms with Gasteiger partial charge in [-0.15, -0.1) is 0 Å². The molecular formula is C22H25. The maximum atomic E-state index is 3.91. The third kappa shape index (κ3) is 3.32. The maximum Gasteiger partial charge on any atom is -0.0103 e. The van der Waals surface area contributed by atoms with Crippen molar-refractivity contribution in [1.29, 1.82) is 0 Å². The van der Waals surface area contributed by atoms with Gasteiger partial charge in [0.15, 0.2) is 0 Å². The molecule has 0 aliphatic heterocycles. The van der Waals surface area contributed by atoms with Crippen LogP contribution in [0.3, 0.4) is 0 Å². The summed E-state index contributed by atoms with van der Waals surface area (Å²) in [5.74, 6) is 0. The number of hydrogen-bond acceptors (Lipinski definition) is 0. The molecule has 0 amide bonds. The Morgan fingerprint density at radius 3 is 2.27 bits per heavy atom. The summed E-state index contributed by atoms with van der Waals surface area (Å²) in [5.41, 5.74) is 1.50. The molecule has 3 aromatic rings. The topological polar surface area (TPSA) is 0 Å². The highest BCUT2D eigenvalue weighted by Gasteiger charge is 2.04. The van der Waals surface area contributed by atoms with Crippen molar-refractivity contribution in [2.45, 2.75) is 44.9 Å². The van der Waals surface area contributed by atoms with Crippen LogP contribution in [0.15, 0.2) is 54.6 Å². The lowest BCUT2D eigenvalue weighted by Crippen LogP contribution is -1.89. The fraction of sp³-hybridized carbons (Fsp3) is 0.318. The third-order valence-corrected chi connectivity index (χ3v) is 4.57. The molecule has 3 rings (SSSR count). The molecule has 0 aliphatic carbocycles. The van der Waals surface area contributed by atoms with Gasteiger partial charge in [-0.05, 0) is 39.9 Å². The van der Waals surface area contributed by atoms with Crippen molar-refractivity contribution in [2.24, 2.45) is 0 Å². The molecule has 0 saturated carbocycles. The second kappa shape index (κ2) is 7.45. The van der Waals surface area contributed by atoms with Gasteiger partial charge >= 0.3 is 0 Å². The molecule has 0 aromatic heterocycles. The zero-order valence-electron chi connectivity index (χ0n) is 13.4. The molecule has 0 fully saturated rings. The summed E-state index contributed by atoms with van der Waals surface area (Å²) in [5, 5.41) is 5.53. The zero-order valence-corrected chi connectivity index (χ0v) is 13.4. The average molecular weight is 289 g/mol. The summed E-state index contributed by atoms with van der Waals surface area (Å²) in [6.07, 6.45) is 8.87. The second-order valence-electron chi connectivity index (χ2n) is 6.17. The van der Waals surface area contributed by atoms with Crippen LogP contribution in [-0.4, -0.2) is 0 Å². The van der Waals surface area contributed by atoms with Crippen molar-refractivity contribution in [3.8, 4) is 0 Å². The minimum atomic E-state index is 1.08. The van der Waals surface area contributed by atoms with E-state index in [4.69, 9.17) is 0 Å². The SMILES string of the molecule is [CH2]CCCCCCCc1cccc2c1ccc1ccccc12. The van der Waals surface area contributed by atoms with Crippen molar-refractivity contribution in [2.75, 3.05) is 0 Å². The van der Waals surface area contributed by atoms with Crippen LogP contribution in [0.2, 0.25) is 0 Å². The van der Waals surface area contributed by atoms with Crippen LogP contribution in [0.5, 0.6) is 0 Å². The summed E-state index contributed by atoms with van der Waals surface area (Å²) in [6, 6.07) is 20.0. The van der Waals surface area contributed by atoms with Gasteiger partial charge in [0.1, 0.15) is 0 Å². The lowest BCUT2D eigenvalue weighted by atomic mass is 9.95. The number of hydrogen-bond donors (Lipinski definition) is 0. The highest BCUT2D eigenvalue weighted by atomic mass is 14.1. The number of unbranched alkanes of at least 4 members (excludes halogenated alkanes) is 5. The van der Waals surface area contributed by atoms with Crippen LogP contribution in [0, 0.1) is 6.92 Å². The molecule has 0 unspecified atom stereocenters. The highest BCUT2D eigenvalue weighted by Crippen LogP contribution is 2.28. The highest BCUT2D eigenvalue weighted by molar-refractivity contribution is 6.08. The first kappa shape index (κ1) is 15.1. The van der Waals surface area contributed by atoms with Crippen molar-refractivity contribution in [1.82, 2.24) is 0 Å². The summed E-state index contributed by atoms with van der Waals surface area (Å²) < 4.78 is 0.